The average molecular weight is 239 g/mol. The van der Waals surface area contributed by atoms with E-state index in [0.29, 0.717) is 18.0 Å². The third kappa shape index (κ3) is 2.63. The van der Waals surface area contributed by atoms with Crippen LogP contribution < -0.4 is 5.32 Å². The lowest BCUT2D eigenvalue weighted by Crippen LogP contribution is -2.55. The van der Waals surface area contributed by atoms with Crippen LogP contribution in [0.15, 0.2) is 0 Å². The summed E-state index contributed by atoms with van der Waals surface area (Å²) in [7, 11) is 0. The van der Waals surface area contributed by atoms with Gasteiger partial charge in [0.1, 0.15) is 0 Å². The molecular formula is C13H25N3O. The number of hydrogen-bond acceptors (Lipinski definition) is 3. The summed E-state index contributed by atoms with van der Waals surface area (Å²) in [6.07, 6.45) is 1.00. The van der Waals surface area contributed by atoms with E-state index in [1.807, 2.05) is 0 Å². The normalized spacial score (nSPS) is 35.2. The van der Waals surface area contributed by atoms with Gasteiger partial charge in [0.25, 0.3) is 0 Å². The highest BCUT2D eigenvalue weighted by atomic mass is 16.2. The zero-order valence-electron chi connectivity index (χ0n) is 11.3. The third-order valence-corrected chi connectivity index (χ3v) is 4.33. The van der Waals surface area contributed by atoms with Gasteiger partial charge in [0, 0.05) is 31.7 Å². The molecule has 4 heteroatoms. The van der Waals surface area contributed by atoms with Crippen molar-refractivity contribution in [3.05, 3.63) is 0 Å². The fourth-order valence-electron chi connectivity index (χ4n) is 3.10. The summed E-state index contributed by atoms with van der Waals surface area (Å²) in [4.78, 5) is 16.9. The maximum atomic E-state index is 12.4. The largest absolute Gasteiger partial charge is 0.340 e. The maximum absolute atomic E-state index is 12.4. The zero-order valence-corrected chi connectivity index (χ0v) is 11.3. The van der Waals surface area contributed by atoms with Crippen molar-refractivity contribution in [3.63, 3.8) is 0 Å². The molecule has 3 atom stereocenters. The van der Waals surface area contributed by atoms with Crippen LogP contribution in [0.3, 0.4) is 0 Å². The summed E-state index contributed by atoms with van der Waals surface area (Å²) in [5.74, 6) is 0.570. The van der Waals surface area contributed by atoms with Gasteiger partial charge in [-0.05, 0) is 33.4 Å². The van der Waals surface area contributed by atoms with Crippen molar-refractivity contribution in [1.29, 1.82) is 0 Å². The van der Waals surface area contributed by atoms with Crippen LogP contribution in [0.5, 0.6) is 0 Å². The van der Waals surface area contributed by atoms with Gasteiger partial charge < -0.3 is 10.2 Å². The lowest BCUT2D eigenvalue weighted by atomic mass is 9.99. The Hall–Kier alpha value is -0.610. The number of hydrogen-bond donors (Lipinski definition) is 1. The molecule has 1 N–H and O–H groups in total. The van der Waals surface area contributed by atoms with Gasteiger partial charge in [-0.15, -0.1) is 0 Å². The van der Waals surface area contributed by atoms with Crippen molar-refractivity contribution >= 4 is 5.91 Å². The van der Waals surface area contributed by atoms with Crippen molar-refractivity contribution in [2.24, 2.45) is 5.92 Å². The first-order valence-electron chi connectivity index (χ1n) is 6.89. The first-order valence-corrected chi connectivity index (χ1v) is 6.89. The highest BCUT2D eigenvalue weighted by Crippen LogP contribution is 2.20. The molecule has 0 aromatic heterocycles. The molecule has 2 saturated heterocycles. The summed E-state index contributed by atoms with van der Waals surface area (Å²) in [6.45, 7) is 11.4. The van der Waals surface area contributed by atoms with Crippen molar-refractivity contribution in [2.75, 3.05) is 32.7 Å². The Morgan fingerprint density at radius 3 is 2.65 bits per heavy atom. The minimum Gasteiger partial charge on any atom is -0.340 e. The quantitative estimate of drug-likeness (QED) is 0.764. The Kier molecular flexibility index (Phi) is 4.05. The predicted molar refractivity (Wildman–Crippen MR) is 68.9 cm³/mol. The van der Waals surface area contributed by atoms with Crippen LogP contribution in [-0.2, 0) is 4.79 Å². The van der Waals surface area contributed by atoms with Crippen LogP contribution in [0.2, 0.25) is 0 Å². The van der Waals surface area contributed by atoms with E-state index in [-0.39, 0.29) is 5.92 Å². The number of piperazine rings is 1. The van der Waals surface area contributed by atoms with E-state index in [0.717, 1.165) is 39.1 Å². The van der Waals surface area contributed by atoms with Crippen molar-refractivity contribution < 1.29 is 4.79 Å². The highest BCUT2D eigenvalue weighted by molar-refractivity contribution is 5.80. The molecule has 0 radical (unpaired) electrons. The minimum absolute atomic E-state index is 0.204. The van der Waals surface area contributed by atoms with Gasteiger partial charge in [0.05, 0.1) is 5.92 Å². The summed E-state index contributed by atoms with van der Waals surface area (Å²) in [6, 6.07) is 0.851. The molecule has 2 rings (SSSR count). The van der Waals surface area contributed by atoms with E-state index in [1.165, 1.54) is 0 Å². The van der Waals surface area contributed by atoms with Crippen LogP contribution in [0.4, 0.5) is 0 Å². The van der Waals surface area contributed by atoms with Gasteiger partial charge in [0.15, 0.2) is 0 Å². The number of carbonyl (C=O) groups is 1. The summed E-state index contributed by atoms with van der Waals surface area (Å²) in [5.41, 5.74) is 0. The van der Waals surface area contributed by atoms with Gasteiger partial charge in [-0.3, -0.25) is 9.69 Å². The molecule has 0 aliphatic carbocycles. The summed E-state index contributed by atoms with van der Waals surface area (Å²) in [5, 5.41) is 3.36. The molecule has 2 fully saturated rings. The first-order chi connectivity index (χ1) is 8.13. The maximum Gasteiger partial charge on any atom is 0.227 e. The smallest absolute Gasteiger partial charge is 0.227 e. The molecule has 0 spiro atoms. The second-order valence-electron chi connectivity index (χ2n) is 5.40. The van der Waals surface area contributed by atoms with Gasteiger partial charge in [-0.2, -0.15) is 0 Å². The lowest BCUT2D eigenvalue weighted by Gasteiger charge is -2.40. The molecule has 2 heterocycles. The average Bonchev–Trinajstić information content (AvgIpc) is 2.74. The molecule has 98 valence electrons. The molecule has 2 aliphatic rings. The zero-order chi connectivity index (χ0) is 12.4. The Morgan fingerprint density at radius 2 is 2.12 bits per heavy atom. The van der Waals surface area contributed by atoms with Crippen LogP contribution in [0.25, 0.3) is 0 Å². The fraction of sp³-hybridized carbons (Fsp3) is 0.923. The topological polar surface area (TPSA) is 35.6 Å². The van der Waals surface area contributed by atoms with Crippen molar-refractivity contribution in [1.82, 2.24) is 15.1 Å². The third-order valence-electron chi connectivity index (χ3n) is 4.33. The molecule has 0 saturated carbocycles. The summed E-state index contributed by atoms with van der Waals surface area (Å²) < 4.78 is 0. The van der Waals surface area contributed by atoms with E-state index in [4.69, 9.17) is 0 Å². The molecule has 0 bridgehead atoms. The Labute approximate surface area is 104 Å². The number of rotatable bonds is 2. The monoisotopic (exact) mass is 239 g/mol. The van der Waals surface area contributed by atoms with Gasteiger partial charge in [0.2, 0.25) is 5.91 Å². The Balaban J connectivity index is 1.93. The van der Waals surface area contributed by atoms with E-state index in [2.05, 4.69) is 35.9 Å². The van der Waals surface area contributed by atoms with E-state index in [1.54, 1.807) is 0 Å². The van der Waals surface area contributed by atoms with Crippen LogP contribution in [-0.4, -0.2) is 60.5 Å². The van der Waals surface area contributed by atoms with E-state index < -0.39 is 0 Å². The van der Waals surface area contributed by atoms with Gasteiger partial charge in [-0.25, -0.2) is 0 Å². The standard InChI is InChI=1S/C13H25N3O/c1-4-15-7-8-16(9-10(15)2)13(17)12-5-6-14-11(12)3/h10-12,14H,4-9H2,1-3H3. The fourth-order valence-corrected chi connectivity index (χ4v) is 3.10. The SMILES string of the molecule is CCN1CCN(C(=O)C2CCNC2C)CC1C. The van der Waals surface area contributed by atoms with Crippen molar-refractivity contribution in [3.8, 4) is 0 Å². The lowest BCUT2D eigenvalue weighted by molar-refractivity contribution is -0.138. The highest BCUT2D eigenvalue weighted by Gasteiger charge is 2.35. The number of likely N-dealkylation sites (N-methyl/N-ethyl adjacent to an activating group) is 1. The molecule has 17 heavy (non-hydrogen) atoms. The second-order valence-corrected chi connectivity index (χ2v) is 5.40. The molecule has 1 amide bonds. The number of carbonyl (C=O) groups excluding carboxylic acids is 1. The number of amides is 1. The molecule has 0 aromatic carbocycles. The number of nitrogens with zero attached hydrogens (tertiary/aromatic N) is 2. The predicted octanol–water partition coefficient (Wildman–Crippen LogP) is 0.537. The molecule has 4 nitrogen and oxygen atoms in total. The van der Waals surface area contributed by atoms with Gasteiger partial charge >= 0.3 is 0 Å². The van der Waals surface area contributed by atoms with E-state index in [9.17, 15) is 4.79 Å². The summed E-state index contributed by atoms with van der Waals surface area (Å²) >= 11 is 0. The first kappa shape index (κ1) is 12.8. The van der Waals surface area contributed by atoms with Crippen LogP contribution in [0.1, 0.15) is 27.2 Å². The van der Waals surface area contributed by atoms with Crippen molar-refractivity contribution in [2.45, 2.75) is 39.3 Å². The molecular weight excluding hydrogens is 214 g/mol. The number of nitrogens with one attached hydrogen (secondary N) is 1. The minimum atomic E-state index is 0.204. The molecule has 0 aromatic rings. The Morgan fingerprint density at radius 1 is 1.35 bits per heavy atom. The van der Waals surface area contributed by atoms with Gasteiger partial charge in [-0.1, -0.05) is 6.92 Å². The van der Waals surface area contributed by atoms with E-state index >= 15 is 0 Å². The van der Waals surface area contributed by atoms with Crippen LogP contribution >= 0.6 is 0 Å². The molecule has 2 aliphatic heterocycles. The molecule has 3 unspecified atom stereocenters. The van der Waals surface area contributed by atoms with Crippen LogP contribution in [0, 0.1) is 5.92 Å². The Bertz CT molecular complexity index is 282. The second kappa shape index (κ2) is 5.36.